The minimum atomic E-state index is 0.753. The molecule has 0 aliphatic rings. The molecule has 0 amide bonds. The molecule has 0 aliphatic heterocycles. The van der Waals surface area contributed by atoms with Crippen LogP contribution in [0.1, 0.15) is 5.56 Å². The lowest BCUT2D eigenvalue weighted by atomic mass is 10.1. The van der Waals surface area contributed by atoms with E-state index in [1.165, 1.54) is 5.56 Å². The lowest BCUT2D eigenvalue weighted by Gasteiger charge is -2.10. The molecule has 1 heterocycles. The van der Waals surface area contributed by atoms with Gasteiger partial charge < -0.3 is 19.4 Å². The molecule has 0 saturated carbocycles. The Hall–Kier alpha value is -2.17. The molecule has 0 spiro atoms. The second-order valence-electron chi connectivity index (χ2n) is 4.23. The van der Waals surface area contributed by atoms with E-state index in [0.29, 0.717) is 0 Å². The highest BCUT2D eigenvalue weighted by atomic mass is 16.5. The molecular weight excluding hydrogens is 242 g/mol. The first-order valence-electron chi connectivity index (χ1n) is 6.16. The summed E-state index contributed by atoms with van der Waals surface area (Å²) in [4.78, 5) is 4.22. The lowest BCUT2D eigenvalue weighted by Crippen LogP contribution is -2.09. The predicted molar refractivity (Wildman–Crippen MR) is 74.9 cm³/mol. The SMILES string of the molecule is COc1ccc(CCNc2nccn2C)cc1OC. The van der Waals surface area contributed by atoms with E-state index in [4.69, 9.17) is 9.47 Å². The average molecular weight is 261 g/mol. The summed E-state index contributed by atoms with van der Waals surface area (Å²) in [6.45, 7) is 0.820. The standard InChI is InChI=1S/C14H19N3O2/c1-17-9-8-16-14(17)15-7-6-11-4-5-12(18-2)13(10-11)19-3/h4-5,8-10H,6-7H2,1-3H3,(H,15,16). The first-order chi connectivity index (χ1) is 9.24. The van der Waals surface area contributed by atoms with Gasteiger partial charge in [0.1, 0.15) is 0 Å². The Morgan fingerprint density at radius 1 is 1.21 bits per heavy atom. The number of aromatic nitrogens is 2. The van der Waals surface area contributed by atoms with Gasteiger partial charge in [0.25, 0.3) is 0 Å². The molecule has 5 nitrogen and oxygen atoms in total. The molecule has 2 aromatic rings. The van der Waals surface area contributed by atoms with Crippen molar-refractivity contribution in [3.05, 3.63) is 36.2 Å². The summed E-state index contributed by atoms with van der Waals surface area (Å²) in [5.41, 5.74) is 1.19. The highest BCUT2D eigenvalue weighted by molar-refractivity contribution is 5.43. The van der Waals surface area contributed by atoms with Crippen LogP contribution in [0.4, 0.5) is 5.95 Å². The van der Waals surface area contributed by atoms with Gasteiger partial charge >= 0.3 is 0 Å². The number of rotatable bonds is 6. The maximum absolute atomic E-state index is 5.29. The van der Waals surface area contributed by atoms with Crippen LogP contribution in [0.5, 0.6) is 11.5 Å². The molecule has 19 heavy (non-hydrogen) atoms. The van der Waals surface area contributed by atoms with Gasteiger partial charge in [-0.3, -0.25) is 0 Å². The van der Waals surface area contributed by atoms with Crippen molar-refractivity contribution in [1.29, 1.82) is 0 Å². The van der Waals surface area contributed by atoms with Crippen molar-refractivity contribution in [2.75, 3.05) is 26.1 Å². The van der Waals surface area contributed by atoms with E-state index >= 15 is 0 Å². The number of aryl methyl sites for hydroxylation is 1. The van der Waals surface area contributed by atoms with Crippen LogP contribution in [-0.2, 0) is 13.5 Å². The van der Waals surface area contributed by atoms with Crippen molar-refractivity contribution in [3.8, 4) is 11.5 Å². The Morgan fingerprint density at radius 3 is 2.63 bits per heavy atom. The van der Waals surface area contributed by atoms with Gasteiger partial charge in [0.2, 0.25) is 5.95 Å². The summed E-state index contributed by atoms with van der Waals surface area (Å²) in [6, 6.07) is 5.97. The van der Waals surface area contributed by atoms with Crippen molar-refractivity contribution < 1.29 is 9.47 Å². The fourth-order valence-electron chi connectivity index (χ4n) is 1.89. The van der Waals surface area contributed by atoms with Crippen molar-refractivity contribution in [2.24, 2.45) is 7.05 Å². The highest BCUT2D eigenvalue weighted by Gasteiger charge is 2.04. The van der Waals surface area contributed by atoms with Gasteiger partial charge in [0.05, 0.1) is 14.2 Å². The Morgan fingerprint density at radius 2 is 2.00 bits per heavy atom. The fraction of sp³-hybridized carbons (Fsp3) is 0.357. The zero-order valence-electron chi connectivity index (χ0n) is 11.5. The second kappa shape index (κ2) is 6.13. The second-order valence-corrected chi connectivity index (χ2v) is 4.23. The van der Waals surface area contributed by atoms with Crippen LogP contribution in [0.2, 0.25) is 0 Å². The van der Waals surface area contributed by atoms with Crippen LogP contribution in [0.3, 0.4) is 0 Å². The number of hydrogen-bond acceptors (Lipinski definition) is 4. The zero-order valence-corrected chi connectivity index (χ0v) is 11.5. The minimum Gasteiger partial charge on any atom is -0.493 e. The summed E-state index contributed by atoms with van der Waals surface area (Å²) in [6.07, 6.45) is 4.59. The number of anilines is 1. The van der Waals surface area contributed by atoms with E-state index in [1.807, 2.05) is 36.0 Å². The third kappa shape index (κ3) is 3.19. The van der Waals surface area contributed by atoms with Crippen molar-refractivity contribution in [3.63, 3.8) is 0 Å². The molecule has 1 aromatic carbocycles. The summed E-state index contributed by atoms with van der Waals surface area (Å²) in [5.74, 6) is 2.39. The highest BCUT2D eigenvalue weighted by Crippen LogP contribution is 2.27. The van der Waals surface area contributed by atoms with Crippen LogP contribution >= 0.6 is 0 Å². The van der Waals surface area contributed by atoms with Gasteiger partial charge in [0.15, 0.2) is 11.5 Å². The van der Waals surface area contributed by atoms with Crippen LogP contribution < -0.4 is 14.8 Å². The minimum absolute atomic E-state index is 0.753. The molecule has 0 bridgehead atoms. The largest absolute Gasteiger partial charge is 0.493 e. The van der Waals surface area contributed by atoms with E-state index in [2.05, 4.69) is 10.3 Å². The van der Waals surface area contributed by atoms with Crippen molar-refractivity contribution in [2.45, 2.75) is 6.42 Å². The van der Waals surface area contributed by atoms with E-state index in [-0.39, 0.29) is 0 Å². The van der Waals surface area contributed by atoms with Crippen LogP contribution in [0.25, 0.3) is 0 Å². The van der Waals surface area contributed by atoms with Crippen molar-refractivity contribution >= 4 is 5.95 Å². The molecule has 0 radical (unpaired) electrons. The van der Waals surface area contributed by atoms with Crippen LogP contribution in [0, 0.1) is 0 Å². The van der Waals surface area contributed by atoms with E-state index in [9.17, 15) is 0 Å². The summed E-state index contributed by atoms with van der Waals surface area (Å²) in [7, 11) is 5.25. The van der Waals surface area contributed by atoms with Crippen molar-refractivity contribution in [1.82, 2.24) is 9.55 Å². The molecule has 1 aromatic heterocycles. The number of nitrogens with one attached hydrogen (secondary N) is 1. The molecule has 2 rings (SSSR count). The topological polar surface area (TPSA) is 48.3 Å². The maximum Gasteiger partial charge on any atom is 0.202 e. The number of nitrogens with zero attached hydrogens (tertiary/aromatic N) is 2. The molecule has 0 fully saturated rings. The molecule has 102 valence electrons. The maximum atomic E-state index is 5.29. The molecule has 5 heteroatoms. The number of methoxy groups -OCH3 is 2. The van der Waals surface area contributed by atoms with Crippen LogP contribution in [0.15, 0.2) is 30.6 Å². The molecule has 0 unspecified atom stereocenters. The monoisotopic (exact) mass is 261 g/mol. The first kappa shape index (κ1) is 13.3. The normalized spacial score (nSPS) is 10.3. The number of ether oxygens (including phenoxy) is 2. The van der Waals surface area contributed by atoms with E-state index < -0.39 is 0 Å². The average Bonchev–Trinajstić information content (AvgIpc) is 2.84. The molecule has 1 N–H and O–H groups in total. The van der Waals surface area contributed by atoms with Gasteiger partial charge in [-0.1, -0.05) is 6.07 Å². The Kier molecular flexibility index (Phi) is 4.28. The number of benzene rings is 1. The van der Waals surface area contributed by atoms with Gasteiger partial charge in [-0.2, -0.15) is 0 Å². The molecular formula is C14H19N3O2. The summed E-state index contributed by atoms with van der Waals surface area (Å²) < 4.78 is 12.5. The lowest BCUT2D eigenvalue weighted by molar-refractivity contribution is 0.354. The van der Waals surface area contributed by atoms with Crippen LogP contribution in [-0.4, -0.2) is 30.3 Å². The Bertz CT molecular complexity index is 537. The first-order valence-corrected chi connectivity index (χ1v) is 6.16. The van der Waals surface area contributed by atoms with Gasteiger partial charge in [-0.15, -0.1) is 0 Å². The fourth-order valence-corrected chi connectivity index (χ4v) is 1.89. The number of imidazole rings is 1. The van der Waals surface area contributed by atoms with E-state index in [0.717, 1.165) is 30.4 Å². The van der Waals surface area contributed by atoms with Gasteiger partial charge in [0, 0.05) is 26.0 Å². The Labute approximate surface area is 113 Å². The quantitative estimate of drug-likeness (QED) is 0.865. The van der Waals surface area contributed by atoms with Gasteiger partial charge in [-0.05, 0) is 24.1 Å². The number of hydrogen-bond donors (Lipinski definition) is 1. The third-order valence-electron chi connectivity index (χ3n) is 2.97. The summed E-state index contributed by atoms with van der Waals surface area (Å²) in [5, 5.41) is 3.29. The Balaban J connectivity index is 1.94. The van der Waals surface area contributed by atoms with Gasteiger partial charge in [-0.25, -0.2) is 4.98 Å². The molecule has 0 saturated heterocycles. The predicted octanol–water partition coefficient (Wildman–Crippen LogP) is 2.09. The van der Waals surface area contributed by atoms with E-state index in [1.54, 1.807) is 20.4 Å². The third-order valence-corrected chi connectivity index (χ3v) is 2.97. The molecule has 0 atom stereocenters. The zero-order chi connectivity index (χ0) is 13.7. The molecule has 0 aliphatic carbocycles. The smallest absolute Gasteiger partial charge is 0.202 e. The summed E-state index contributed by atoms with van der Waals surface area (Å²) >= 11 is 0.